The number of thioether (sulfide) groups is 2. The fourth-order valence-electron chi connectivity index (χ4n) is 6.03. The van der Waals surface area contributed by atoms with Gasteiger partial charge in [0.2, 0.25) is 0 Å². The van der Waals surface area contributed by atoms with Crippen LogP contribution in [0.3, 0.4) is 0 Å². The minimum absolute atomic E-state index is 0.0111. The summed E-state index contributed by atoms with van der Waals surface area (Å²) in [4.78, 5) is 57.0. The van der Waals surface area contributed by atoms with Crippen molar-refractivity contribution >= 4 is 47.4 Å². The predicted octanol–water partition coefficient (Wildman–Crippen LogP) is 7.67. The molecule has 0 amide bonds. The van der Waals surface area contributed by atoms with Crippen molar-refractivity contribution in [3.05, 3.63) is 23.3 Å². The van der Waals surface area contributed by atoms with Gasteiger partial charge in [0.05, 0.1) is 23.3 Å². The Morgan fingerprint density at radius 3 is 1.46 bits per heavy atom. The van der Waals surface area contributed by atoms with Gasteiger partial charge in [-0.25, -0.2) is 0 Å². The van der Waals surface area contributed by atoms with Crippen LogP contribution in [0.15, 0.2) is 23.3 Å². The summed E-state index contributed by atoms with van der Waals surface area (Å²) in [5.41, 5.74) is 2.69. The van der Waals surface area contributed by atoms with Crippen molar-refractivity contribution in [3.8, 4) is 0 Å². The summed E-state index contributed by atoms with van der Waals surface area (Å²) in [7, 11) is 2.14. The number of hydrogen-bond acceptors (Lipinski definition) is 13. The highest BCUT2D eigenvalue weighted by Crippen LogP contribution is 2.20. The van der Waals surface area contributed by atoms with Gasteiger partial charge in [-0.2, -0.15) is 0 Å². The summed E-state index contributed by atoms with van der Waals surface area (Å²) in [6.45, 7) is 23.5. The van der Waals surface area contributed by atoms with Gasteiger partial charge >= 0.3 is 23.9 Å². The van der Waals surface area contributed by atoms with Crippen molar-refractivity contribution in [1.82, 2.24) is 14.7 Å². The smallest absolute Gasteiger partial charge is 0.318 e. The maximum Gasteiger partial charge on any atom is 0.318 e. The van der Waals surface area contributed by atoms with Crippen LogP contribution in [0.2, 0.25) is 0 Å². The van der Waals surface area contributed by atoms with Gasteiger partial charge in [-0.1, -0.05) is 37.1 Å². The monoisotopic (exact) mass is 842 g/mol. The second-order valence-corrected chi connectivity index (χ2v) is 19.0. The minimum Gasteiger partial charge on any atom is -0.462 e. The number of allylic oxidation sites excluding steroid dienone is 4. The Hall–Kier alpha value is -2.06. The van der Waals surface area contributed by atoms with Crippen molar-refractivity contribution in [2.75, 3.05) is 97.3 Å². The van der Waals surface area contributed by atoms with E-state index in [9.17, 15) is 19.2 Å². The molecule has 0 aliphatic carbocycles. The Morgan fingerprint density at radius 2 is 1.04 bits per heavy atom. The van der Waals surface area contributed by atoms with E-state index < -0.39 is 0 Å². The van der Waals surface area contributed by atoms with E-state index in [1.54, 1.807) is 23.5 Å². The van der Waals surface area contributed by atoms with Crippen molar-refractivity contribution in [3.63, 3.8) is 0 Å². The second-order valence-electron chi connectivity index (χ2n) is 16.1. The van der Waals surface area contributed by atoms with Gasteiger partial charge in [-0.05, 0) is 130 Å². The van der Waals surface area contributed by atoms with E-state index in [-0.39, 0.29) is 73.6 Å². The summed E-state index contributed by atoms with van der Waals surface area (Å²) in [5, 5.41) is -0.544. The normalized spacial score (nSPS) is 15.6. The zero-order valence-electron chi connectivity index (χ0n) is 37.2. The molecule has 0 aromatic heterocycles. The van der Waals surface area contributed by atoms with Gasteiger partial charge < -0.3 is 33.6 Å². The number of esters is 4. The molecule has 1 fully saturated rings. The average molecular weight is 842 g/mol. The molecule has 11 nitrogen and oxygen atoms in total. The van der Waals surface area contributed by atoms with E-state index in [0.717, 1.165) is 95.7 Å². The molecule has 13 heteroatoms. The molecule has 1 saturated heterocycles. The Kier molecular flexibility index (Phi) is 30.4. The lowest BCUT2D eigenvalue weighted by Gasteiger charge is -2.33. The summed E-state index contributed by atoms with van der Waals surface area (Å²) >= 11 is 3.20. The van der Waals surface area contributed by atoms with Gasteiger partial charge in [-0.15, -0.1) is 23.5 Å². The molecule has 1 aliphatic rings. The highest BCUT2D eigenvalue weighted by Gasteiger charge is 2.19. The van der Waals surface area contributed by atoms with Crippen LogP contribution in [0, 0.1) is 11.8 Å². The average Bonchev–Trinajstić information content (AvgIpc) is 3.16. The summed E-state index contributed by atoms with van der Waals surface area (Å²) in [6.07, 6.45) is 12.4. The molecule has 4 atom stereocenters. The lowest BCUT2D eigenvalue weighted by molar-refractivity contribution is -0.152. The molecule has 0 aromatic carbocycles. The highest BCUT2D eigenvalue weighted by atomic mass is 32.2. The SMILES string of the molecule is CC(C)=CCCC(C)CCSC(C)C(=O)OCCOC(=O)CCN(CCCN1CCN(C)CC1)CCC(=O)OCCOC(=O)C(C)SCCC(C)CCC=C(C)C. The maximum absolute atomic E-state index is 12.6. The molecule has 0 aromatic rings. The number of piperazine rings is 1. The molecule has 57 heavy (non-hydrogen) atoms. The Balaban J connectivity index is 2.38. The fourth-order valence-corrected chi connectivity index (χ4v) is 8.22. The van der Waals surface area contributed by atoms with E-state index >= 15 is 0 Å². The summed E-state index contributed by atoms with van der Waals surface area (Å²) < 4.78 is 21.5. The van der Waals surface area contributed by atoms with E-state index in [1.807, 2.05) is 13.8 Å². The fraction of sp³-hybridized carbons (Fsp3) is 0.818. The Bertz CT molecular complexity index is 1110. The van der Waals surface area contributed by atoms with Crippen LogP contribution in [-0.2, 0) is 38.1 Å². The maximum atomic E-state index is 12.6. The number of carbonyl (C=O) groups excluding carboxylic acids is 4. The molecule has 0 saturated carbocycles. The topological polar surface area (TPSA) is 115 Å². The quantitative estimate of drug-likeness (QED) is 0.0286. The van der Waals surface area contributed by atoms with Crippen molar-refractivity contribution in [1.29, 1.82) is 0 Å². The highest BCUT2D eigenvalue weighted by molar-refractivity contribution is 8.00. The van der Waals surface area contributed by atoms with Crippen LogP contribution in [0.4, 0.5) is 0 Å². The van der Waals surface area contributed by atoms with Gasteiger partial charge in [0, 0.05) is 39.3 Å². The standard InChI is InChI=1S/C44H79N3O8S2/c1-35(2)13-10-15-37(5)19-33-56-39(7)43(50)54-31-29-52-41(48)17-23-46(21-12-22-47-27-25-45(9)26-28-47)24-18-42(49)53-30-32-55-44(51)40(8)57-34-20-38(6)16-11-14-36(3)4/h13-14,37-40H,10-12,15-34H2,1-9H3. The van der Waals surface area contributed by atoms with Crippen LogP contribution in [0.25, 0.3) is 0 Å². The molecule has 4 unspecified atom stereocenters. The lowest BCUT2D eigenvalue weighted by Crippen LogP contribution is -2.45. The minimum atomic E-state index is -0.370. The Labute approximate surface area is 355 Å². The number of ether oxygens (including phenoxy) is 4. The lowest BCUT2D eigenvalue weighted by atomic mass is 10.0. The van der Waals surface area contributed by atoms with Gasteiger partial charge in [0.15, 0.2) is 0 Å². The number of nitrogens with zero attached hydrogens (tertiary/aromatic N) is 3. The van der Waals surface area contributed by atoms with Crippen molar-refractivity contribution < 1.29 is 38.1 Å². The van der Waals surface area contributed by atoms with E-state index in [1.165, 1.54) is 11.1 Å². The van der Waals surface area contributed by atoms with E-state index in [0.29, 0.717) is 24.9 Å². The first kappa shape index (κ1) is 53.0. The summed E-state index contributed by atoms with van der Waals surface area (Å²) in [5.74, 6) is 1.68. The molecule has 330 valence electrons. The third-order valence-electron chi connectivity index (χ3n) is 10.0. The van der Waals surface area contributed by atoms with Crippen LogP contribution in [0.5, 0.6) is 0 Å². The first-order valence-electron chi connectivity index (χ1n) is 21.4. The van der Waals surface area contributed by atoms with Crippen molar-refractivity contribution in [2.24, 2.45) is 11.8 Å². The Morgan fingerprint density at radius 1 is 0.614 bits per heavy atom. The number of rotatable bonds is 32. The molecule has 0 bridgehead atoms. The van der Waals surface area contributed by atoms with Crippen LogP contribution >= 0.6 is 23.5 Å². The first-order chi connectivity index (χ1) is 27.2. The zero-order valence-corrected chi connectivity index (χ0v) is 38.8. The number of hydrogen-bond donors (Lipinski definition) is 0. The van der Waals surface area contributed by atoms with E-state index in [4.69, 9.17) is 18.9 Å². The van der Waals surface area contributed by atoms with Gasteiger partial charge in [0.1, 0.15) is 26.4 Å². The summed E-state index contributed by atoms with van der Waals surface area (Å²) in [6, 6.07) is 0. The molecule has 0 N–H and O–H groups in total. The number of carbonyl (C=O) groups is 4. The zero-order chi connectivity index (χ0) is 42.4. The second kappa shape index (κ2) is 32.8. The van der Waals surface area contributed by atoms with E-state index in [2.05, 4.69) is 75.4 Å². The predicted molar refractivity (Wildman–Crippen MR) is 237 cm³/mol. The third-order valence-corrected chi connectivity index (χ3v) is 12.4. The van der Waals surface area contributed by atoms with Crippen LogP contribution < -0.4 is 0 Å². The van der Waals surface area contributed by atoms with Gasteiger partial charge in [0.25, 0.3) is 0 Å². The van der Waals surface area contributed by atoms with Gasteiger partial charge in [-0.3, -0.25) is 19.2 Å². The molecular weight excluding hydrogens is 763 g/mol. The third kappa shape index (κ3) is 29.7. The molecule has 0 spiro atoms. The molecule has 1 aliphatic heterocycles. The molecular formula is C44H79N3O8S2. The van der Waals surface area contributed by atoms with Crippen molar-refractivity contribution in [2.45, 2.75) is 124 Å². The molecule has 0 radical (unpaired) electrons. The molecule has 1 heterocycles. The van der Waals surface area contributed by atoms with Crippen LogP contribution in [0.1, 0.15) is 113 Å². The largest absolute Gasteiger partial charge is 0.462 e. The number of likely N-dealkylation sites (N-methyl/N-ethyl adjacent to an activating group) is 1. The first-order valence-corrected chi connectivity index (χ1v) is 23.5. The molecule has 1 rings (SSSR count). The van der Waals surface area contributed by atoms with Crippen LogP contribution in [-0.4, -0.2) is 146 Å².